The molecule has 6 heteroatoms. The third kappa shape index (κ3) is 3.68. The van der Waals surface area contributed by atoms with Crippen LogP contribution in [0, 0.1) is 13.8 Å². The summed E-state index contributed by atoms with van der Waals surface area (Å²) in [6.45, 7) is 13.1. The molecule has 1 rings (SSSR count). The molecular formula is C18H28N2O4. The Morgan fingerprint density at radius 3 is 2.08 bits per heavy atom. The van der Waals surface area contributed by atoms with Crippen LogP contribution < -0.4 is 0 Å². The fourth-order valence-electron chi connectivity index (χ4n) is 3.10. The van der Waals surface area contributed by atoms with Crippen LogP contribution in [0.2, 0.25) is 0 Å². The number of ketones is 1. The van der Waals surface area contributed by atoms with Crippen molar-refractivity contribution in [1.29, 1.82) is 0 Å². The van der Waals surface area contributed by atoms with Crippen LogP contribution in [0.5, 0.6) is 0 Å². The molecule has 0 fully saturated rings. The third-order valence-electron chi connectivity index (χ3n) is 4.23. The molecule has 6 nitrogen and oxygen atoms in total. The molecule has 0 aliphatic heterocycles. The zero-order valence-corrected chi connectivity index (χ0v) is 15.9. The van der Waals surface area contributed by atoms with E-state index >= 15 is 0 Å². The minimum atomic E-state index is -0.462. The van der Waals surface area contributed by atoms with Gasteiger partial charge >= 0.3 is 5.97 Å². The summed E-state index contributed by atoms with van der Waals surface area (Å²) in [4.78, 5) is 38.4. The van der Waals surface area contributed by atoms with E-state index in [0.29, 0.717) is 23.4 Å². The predicted octanol–water partition coefficient (Wildman–Crippen LogP) is 2.74. The molecule has 1 aromatic heterocycles. The average Bonchev–Trinajstić information content (AvgIpc) is 2.72. The van der Waals surface area contributed by atoms with Gasteiger partial charge in [0.1, 0.15) is 5.69 Å². The van der Waals surface area contributed by atoms with E-state index in [1.54, 1.807) is 11.5 Å². The van der Waals surface area contributed by atoms with Gasteiger partial charge < -0.3 is 14.2 Å². The van der Waals surface area contributed by atoms with Crippen LogP contribution in [0.3, 0.4) is 0 Å². The second kappa shape index (κ2) is 7.20. The lowest BCUT2D eigenvalue weighted by Crippen LogP contribution is -2.47. The van der Waals surface area contributed by atoms with Crippen molar-refractivity contribution in [3.63, 3.8) is 0 Å². The SMILES string of the molecule is CCn1c(C)c(C(=O)CN(C(C)=O)C(C)(C)C)c(C)c1C(=O)OC. The van der Waals surface area contributed by atoms with Gasteiger partial charge in [0.25, 0.3) is 0 Å². The van der Waals surface area contributed by atoms with Gasteiger partial charge in [-0.1, -0.05) is 0 Å². The van der Waals surface area contributed by atoms with Crippen molar-refractivity contribution in [2.75, 3.05) is 13.7 Å². The van der Waals surface area contributed by atoms with Crippen LogP contribution in [0.1, 0.15) is 66.7 Å². The number of esters is 1. The molecule has 0 saturated heterocycles. The first-order chi connectivity index (χ1) is 11.0. The van der Waals surface area contributed by atoms with Crippen LogP contribution in [-0.4, -0.2) is 46.3 Å². The van der Waals surface area contributed by atoms with Gasteiger partial charge in [0.15, 0.2) is 5.78 Å². The van der Waals surface area contributed by atoms with Gasteiger partial charge in [-0.2, -0.15) is 0 Å². The van der Waals surface area contributed by atoms with Crippen molar-refractivity contribution >= 4 is 17.7 Å². The quantitative estimate of drug-likeness (QED) is 0.612. The molecule has 0 aliphatic carbocycles. The minimum absolute atomic E-state index is 0.0190. The summed E-state index contributed by atoms with van der Waals surface area (Å²) >= 11 is 0. The van der Waals surface area contributed by atoms with Crippen molar-refractivity contribution in [2.24, 2.45) is 0 Å². The number of rotatable bonds is 5. The van der Waals surface area contributed by atoms with E-state index in [0.717, 1.165) is 5.69 Å². The smallest absolute Gasteiger partial charge is 0.354 e. The first-order valence-electron chi connectivity index (χ1n) is 8.06. The Kier molecular flexibility index (Phi) is 5.98. The van der Waals surface area contributed by atoms with Crippen molar-refractivity contribution in [3.8, 4) is 0 Å². The number of aromatic nitrogens is 1. The largest absolute Gasteiger partial charge is 0.464 e. The molecule has 24 heavy (non-hydrogen) atoms. The van der Waals surface area contributed by atoms with E-state index in [2.05, 4.69) is 0 Å². The summed E-state index contributed by atoms with van der Waals surface area (Å²) in [5, 5.41) is 0. The standard InChI is InChI=1S/C18H28N2O4/c1-9-19-12(3)15(11(2)16(19)17(23)24-8)14(22)10-20(13(4)21)18(5,6)7/h9-10H2,1-8H3. The Labute approximate surface area is 143 Å². The Morgan fingerprint density at radius 1 is 1.17 bits per heavy atom. The van der Waals surface area contributed by atoms with E-state index in [4.69, 9.17) is 4.74 Å². The van der Waals surface area contributed by atoms with E-state index in [-0.39, 0.29) is 18.2 Å². The van der Waals surface area contributed by atoms with Crippen LogP contribution in [-0.2, 0) is 16.1 Å². The fourth-order valence-corrected chi connectivity index (χ4v) is 3.10. The van der Waals surface area contributed by atoms with Crippen LogP contribution in [0.15, 0.2) is 0 Å². The molecule has 0 N–H and O–H groups in total. The third-order valence-corrected chi connectivity index (χ3v) is 4.23. The second-order valence-corrected chi connectivity index (χ2v) is 6.87. The molecule has 0 radical (unpaired) electrons. The van der Waals surface area contributed by atoms with E-state index in [1.807, 2.05) is 34.6 Å². The molecule has 0 spiro atoms. The zero-order valence-electron chi connectivity index (χ0n) is 15.9. The zero-order chi connectivity index (χ0) is 18.8. The number of Topliss-reactive ketones (excluding diaryl/α,β-unsaturated/α-hetero) is 1. The molecule has 134 valence electrons. The lowest BCUT2D eigenvalue weighted by atomic mass is 10.0. The van der Waals surface area contributed by atoms with Gasteiger partial charge in [0.05, 0.1) is 13.7 Å². The molecule has 0 aromatic carbocycles. The molecule has 0 unspecified atom stereocenters. The molecule has 1 amide bonds. The highest BCUT2D eigenvalue weighted by Gasteiger charge is 2.30. The Morgan fingerprint density at radius 2 is 1.71 bits per heavy atom. The van der Waals surface area contributed by atoms with Crippen molar-refractivity contribution < 1.29 is 19.1 Å². The van der Waals surface area contributed by atoms with E-state index < -0.39 is 11.5 Å². The number of hydrogen-bond donors (Lipinski definition) is 0. The lowest BCUT2D eigenvalue weighted by molar-refractivity contribution is -0.132. The first kappa shape index (κ1) is 19.9. The molecule has 0 atom stereocenters. The summed E-state index contributed by atoms with van der Waals surface area (Å²) in [6.07, 6.45) is 0. The molecule has 1 heterocycles. The topological polar surface area (TPSA) is 68.6 Å². The monoisotopic (exact) mass is 336 g/mol. The van der Waals surface area contributed by atoms with Crippen molar-refractivity contribution in [2.45, 2.75) is 60.5 Å². The maximum Gasteiger partial charge on any atom is 0.354 e. The molecular weight excluding hydrogens is 308 g/mol. The fraction of sp³-hybridized carbons (Fsp3) is 0.611. The van der Waals surface area contributed by atoms with Gasteiger partial charge in [0, 0.05) is 30.3 Å². The first-order valence-corrected chi connectivity index (χ1v) is 8.06. The van der Waals surface area contributed by atoms with Gasteiger partial charge in [0.2, 0.25) is 5.91 Å². The van der Waals surface area contributed by atoms with Gasteiger partial charge in [-0.25, -0.2) is 4.79 Å². The van der Waals surface area contributed by atoms with Gasteiger partial charge in [-0.15, -0.1) is 0 Å². The Hall–Kier alpha value is -2.11. The van der Waals surface area contributed by atoms with E-state index in [1.165, 1.54) is 18.9 Å². The number of methoxy groups -OCH3 is 1. The summed E-state index contributed by atoms with van der Waals surface area (Å²) in [7, 11) is 1.32. The normalized spacial score (nSPS) is 11.3. The molecule has 0 saturated carbocycles. The van der Waals surface area contributed by atoms with Gasteiger partial charge in [-0.3, -0.25) is 9.59 Å². The molecule has 0 bridgehead atoms. The number of hydrogen-bond acceptors (Lipinski definition) is 4. The number of carbonyl (C=O) groups excluding carboxylic acids is 3. The number of carbonyl (C=O) groups is 3. The summed E-state index contributed by atoms with van der Waals surface area (Å²) in [5.74, 6) is -0.794. The van der Waals surface area contributed by atoms with Crippen molar-refractivity contribution in [3.05, 3.63) is 22.5 Å². The van der Waals surface area contributed by atoms with E-state index in [9.17, 15) is 14.4 Å². The average molecular weight is 336 g/mol. The Balaban J connectivity index is 3.37. The molecule has 1 aromatic rings. The minimum Gasteiger partial charge on any atom is -0.464 e. The molecule has 0 aliphatic rings. The van der Waals surface area contributed by atoms with Crippen LogP contribution in [0.4, 0.5) is 0 Å². The highest BCUT2D eigenvalue weighted by molar-refractivity contribution is 6.04. The summed E-state index contributed by atoms with van der Waals surface area (Å²) in [6, 6.07) is 0. The maximum absolute atomic E-state index is 12.9. The van der Waals surface area contributed by atoms with Crippen LogP contribution in [0.25, 0.3) is 0 Å². The highest BCUT2D eigenvalue weighted by Crippen LogP contribution is 2.25. The van der Waals surface area contributed by atoms with Crippen molar-refractivity contribution in [1.82, 2.24) is 9.47 Å². The second-order valence-electron chi connectivity index (χ2n) is 6.87. The number of amides is 1. The predicted molar refractivity (Wildman–Crippen MR) is 92.4 cm³/mol. The maximum atomic E-state index is 12.9. The van der Waals surface area contributed by atoms with Gasteiger partial charge in [-0.05, 0) is 47.1 Å². The summed E-state index contributed by atoms with van der Waals surface area (Å²) < 4.78 is 6.63. The lowest BCUT2D eigenvalue weighted by Gasteiger charge is -2.34. The number of nitrogens with zero attached hydrogens (tertiary/aromatic N) is 2. The van der Waals surface area contributed by atoms with Crippen LogP contribution >= 0.6 is 0 Å². The highest BCUT2D eigenvalue weighted by atomic mass is 16.5. The summed E-state index contributed by atoms with van der Waals surface area (Å²) in [5.41, 5.74) is 1.75. The number of ether oxygens (including phenoxy) is 1. The Bertz CT molecular complexity index is 666.